The molecule has 3 aromatic carbocycles. The molecule has 0 amide bonds. The first-order valence-electron chi connectivity index (χ1n) is 12.0. The van der Waals surface area contributed by atoms with E-state index in [0.29, 0.717) is 0 Å². The van der Waals surface area contributed by atoms with Crippen LogP contribution in [0.2, 0.25) is 0 Å². The molecule has 0 spiro atoms. The molecule has 2 aliphatic rings. The van der Waals surface area contributed by atoms with Crippen molar-refractivity contribution in [3.8, 4) is 22.3 Å². The van der Waals surface area contributed by atoms with E-state index >= 15 is 0 Å². The summed E-state index contributed by atoms with van der Waals surface area (Å²) in [5.41, 5.74) is 15.0. The van der Waals surface area contributed by atoms with Crippen molar-refractivity contribution in [2.75, 3.05) is 0 Å². The first-order chi connectivity index (χ1) is 17.3. The highest BCUT2D eigenvalue weighted by Crippen LogP contribution is 2.48. The third-order valence-electron chi connectivity index (χ3n) is 7.96. The summed E-state index contributed by atoms with van der Waals surface area (Å²) in [6.45, 7) is 0. The Bertz CT molecular complexity index is 2070. The van der Waals surface area contributed by atoms with Crippen molar-refractivity contribution in [2.24, 2.45) is 0 Å². The molecule has 7 aromatic rings. The lowest BCUT2D eigenvalue weighted by molar-refractivity contribution is 1.21. The van der Waals surface area contributed by atoms with Crippen molar-refractivity contribution >= 4 is 38.5 Å². The van der Waals surface area contributed by atoms with Crippen LogP contribution in [0.1, 0.15) is 22.3 Å². The fourth-order valence-corrected chi connectivity index (χ4v) is 6.50. The van der Waals surface area contributed by atoms with Gasteiger partial charge in [-0.05, 0) is 93.1 Å². The maximum Gasteiger partial charge on any atom is 0.165 e. The molecule has 0 unspecified atom stereocenters. The number of fused-ring (bicyclic) bond motifs is 15. The van der Waals surface area contributed by atoms with Crippen LogP contribution in [0.4, 0.5) is 0 Å². The molecule has 4 heterocycles. The number of hydrogen-bond donors (Lipinski definition) is 0. The summed E-state index contributed by atoms with van der Waals surface area (Å²) >= 11 is 0. The molecule has 9 rings (SSSR count). The molecule has 35 heavy (non-hydrogen) atoms. The fraction of sp³-hybridized carbons (Fsp3) is 0.0645. The number of hydrogen-bond acceptors (Lipinski definition) is 3. The molecule has 162 valence electrons. The molecule has 2 aliphatic carbocycles. The average molecular weight is 447 g/mol. The Balaban J connectivity index is 1.40. The average Bonchev–Trinajstić information content (AvgIpc) is 3.58. The Morgan fingerprint density at radius 3 is 2.57 bits per heavy atom. The van der Waals surface area contributed by atoms with Gasteiger partial charge in [0.05, 0.1) is 11.7 Å². The predicted molar refractivity (Wildman–Crippen MR) is 140 cm³/mol. The van der Waals surface area contributed by atoms with E-state index < -0.39 is 0 Å². The third-order valence-corrected chi connectivity index (χ3v) is 7.96. The fourth-order valence-electron chi connectivity index (χ4n) is 6.50. The number of aromatic nitrogens is 4. The van der Waals surface area contributed by atoms with Gasteiger partial charge in [-0.1, -0.05) is 36.4 Å². The molecule has 0 aliphatic heterocycles. The first kappa shape index (κ1) is 17.8. The molecular weight excluding hydrogens is 428 g/mol. The van der Waals surface area contributed by atoms with Gasteiger partial charge in [0.2, 0.25) is 0 Å². The Morgan fingerprint density at radius 1 is 0.657 bits per heavy atom. The Labute approximate surface area is 200 Å². The standard InChI is InChI=1S/C31H18N4/c1-2-5-20-17(4-1)12-18-13-19-14-26-21(25(19)15-24(18)20)7-8-23-29(26)22-9-11-32-16-28(22)35-30(23)34-27-6-3-10-33-31(27)35/h1-11,13,15-16H,12,14H2. The molecule has 0 saturated carbocycles. The number of nitrogens with zero attached hydrogens (tertiary/aromatic N) is 4. The molecule has 0 saturated heterocycles. The van der Waals surface area contributed by atoms with Gasteiger partial charge >= 0.3 is 0 Å². The van der Waals surface area contributed by atoms with E-state index in [0.717, 1.165) is 35.2 Å². The molecule has 0 bridgehead atoms. The molecule has 0 radical (unpaired) electrons. The molecular formula is C31H18N4. The summed E-state index contributed by atoms with van der Waals surface area (Å²) in [6.07, 6.45) is 7.65. The predicted octanol–water partition coefficient (Wildman–Crippen LogP) is 6.73. The zero-order chi connectivity index (χ0) is 22.7. The molecule has 4 aromatic heterocycles. The topological polar surface area (TPSA) is 43.1 Å². The van der Waals surface area contributed by atoms with Crippen LogP contribution in [-0.2, 0) is 12.8 Å². The summed E-state index contributed by atoms with van der Waals surface area (Å²) in [5, 5.41) is 3.67. The van der Waals surface area contributed by atoms with E-state index in [1.54, 1.807) is 0 Å². The van der Waals surface area contributed by atoms with Crippen LogP contribution in [0.5, 0.6) is 0 Å². The quantitative estimate of drug-likeness (QED) is 0.243. The first-order valence-corrected chi connectivity index (χ1v) is 12.0. The molecule has 0 fully saturated rings. The highest BCUT2D eigenvalue weighted by atomic mass is 15.1. The highest BCUT2D eigenvalue weighted by Gasteiger charge is 2.28. The largest absolute Gasteiger partial charge is 0.274 e. The van der Waals surface area contributed by atoms with Crippen LogP contribution in [0.3, 0.4) is 0 Å². The monoisotopic (exact) mass is 446 g/mol. The van der Waals surface area contributed by atoms with Crippen molar-refractivity contribution in [1.29, 1.82) is 0 Å². The van der Waals surface area contributed by atoms with Crippen LogP contribution in [0, 0.1) is 0 Å². The van der Waals surface area contributed by atoms with Crippen LogP contribution in [0.25, 0.3) is 60.7 Å². The number of rotatable bonds is 0. The number of benzene rings is 3. The second kappa shape index (κ2) is 6.10. The van der Waals surface area contributed by atoms with Crippen LogP contribution < -0.4 is 0 Å². The number of imidazole rings is 1. The van der Waals surface area contributed by atoms with E-state index in [1.807, 2.05) is 30.7 Å². The lowest BCUT2D eigenvalue weighted by atomic mass is 9.96. The van der Waals surface area contributed by atoms with Crippen molar-refractivity contribution in [3.05, 3.63) is 108 Å². The maximum atomic E-state index is 5.02. The summed E-state index contributed by atoms with van der Waals surface area (Å²) in [7, 11) is 0. The normalized spacial score (nSPS) is 13.5. The van der Waals surface area contributed by atoms with Gasteiger partial charge < -0.3 is 0 Å². The van der Waals surface area contributed by atoms with E-state index in [9.17, 15) is 0 Å². The van der Waals surface area contributed by atoms with Gasteiger partial charge in [-0.25, -0.2) is 9.97 Å². The van der Waals surface area contributed by atoms with Crippen LogP contribution >= 0.6 is 0 Å². The third kappa shape index (κ3) is 2.15. The summed E-state index contributed by atoms with van der Waals surface area (Å²) < 4.78 is 2.17. The van der Waals surface area contributed by atoms with Crippen LogP contribution in [-0.4, -0.2) is 19.4 Å². The van der Waals surface area contributed by atoms with Crippen molar-refractivity contribution in [1.82, 2.24) is 19.4 Å². The molecule has 4 nitrogen and oxygen atoms in total. The molecule has 4 heteroatoms. The van der Waals surface area contributed by atoms with Gasteiger partial charge in [-0.15, -0.1) is 0 Å². The minimum atomic E-state index is 0.876. The van der Waals surface area contributed by atoms with Crippen LogP contribution in [0.15, 0.2) is 85.3 Å². The Hall–Kier alpha value is -4.57. The van der Waals surface area contributed by atoms with E-state index in [4.69, 9.17) is 4.98 Å². The number of pyridine rings is 3. The van der Waals surface area contributed by atoms with Gasteiger partial charge in [-0.2, -0.15) is 0 Å². The van der Waals surface area contributed by atoms with E-state index in [2.05, 4.69) is 69.0 Å². The van der Waals surface area contributed by atoms with Gasteiger partial charge in [-0.3, -0.25) is 9.38 Å². The lowest BCUT2D eigenvalue weighted by Gasteiger charge is -2.12. The van der Waals surface area contributed by atoms with Gasteiger partial charge in [0.15, 0.2) is 5.65 Å². The SMILES string of the molecule is c1ccc2c(c1)Cc1cc3c(cc1-2)-c1ccc2c(c1C3)c1ccncc1n1c3ncccc3nc21. The maximum absolute atomic E-state index is 5.02. The summed E-state index contributed by atoms with van der Waals surface area (Å²) in [5.74, 6) is 0. The second-order valence-corrected chi connectivity index (χ2v) is 9.70. The van der Waals surface area contributed by atoms with E-state index in [1.165, 1.54) is 60.7 Å². The zero-order valence-corrected chi connectivity index (χ0v) is 18.8. The summed E-state index contributed by atoms with van der Waals surface area (Å²) in [6, 6.07) is 24.4. The van der Waals surface area contributed by atoms with Gasteiger partial charge in [0.25, 0.3) is 0 Å². The van der Waals surface area contributed by atoms with Gasteiger partial charge in [0, 0.05) is 23.2 Å². The van der Waals surface area contributed by atoms with Crippen molar-refractivity contribution in [3.63, 3.8) is 0 Å². The second-order valence-electron chi connectivity index (χ2n) is 9.70. The molecule has 0 atom stereocenters. The Kier molecular flexibility index (Phi) is 3.11. The van der Waals surface area contributed by atoms with E-state index in [-0.39, 0.29) is 0 Å². The minimum Gasteiger partial charge on any atom is -0.274 e. The summed E-state index contributed by atoms with van der Waals surface area (Å²) in [4.78, 5) is 14.2. The molecule has 0 N–H and O–H groups in total. The Morgan fingerprint density at radius 2 is 1.57 bits per heavy atom. The van der Waals surface area contributed by atoms with Gasteiger partial charge in [0.1, 0.15) is 11.2 Å². The smallest absolute Gasteiger partial charge is 0.165 e. The van der Waals surface area contributed by atoms with Crippen molar-refractivity contribution < 1.29 is 0 Å². The van der Waals surface area contributed by atoms with Crippen molar-refractivity contribution in [2.45, 2.75) is 12.8 Å². The highest BCUT2D eigenvalue weighted by molar-refractivity contribution is 6.17. The zero-order valence-electron chi connectivity index (χ0n) is 18.8. The lowest BCUT2D eigenvalue weighted by Crippen LogP contribution is -1.95. The minimum absolute atomic E-state index is 0.876.